The number of amides is 2. The second-order valence-corrected chi connectivity index (χ2v) is 5.30. The summed E-state index contributed by atoms with van der Waals surface area (Å²) in [5.41, 5.74) is -0.232. The van der Waals surface area contributed by atoms with E-state index in [1.54, 1.807) is 6.26 Å². The predicted molar refractivity (Wildman–Crippen MR) is 109 cm³/mol. The summed E-state index contributed by atoms with van der Waals surface area (Å²) in [5, 5.41) is 24.4. The van der Waals surface area contributed by atoms with E-state index in [-0.39, 0.29) is 29.4 Å². The molecule has 12 heteroatoms. The molecule has 0 saturated carbocycles. The fraction of sp³-hybridized carbons (Fsp3) is 0.529. The Labute approximate surface area is 173 Å². The Balaban J connectivity index is 0. The number of ether oxygens (including phenoxy) is 1. The first-order valence-corrected chi connectivity index (χ1v) is 10.1. The van der Waals surface area contributed by atoms with Crippen molar-refractivity contribution in [3.05, 3.63) is 27.9 Å². The van der Waals surface area contributed by atoms with Crippen LogP contribution in [0.15, 0.2) is 17.3 Å². The average molecular weight is 432 g/mol. The van der Waals surface area contributed by atoms with Gasteiger partial charge >= 0.3 is 11.7 Å². The molecule has 11 nitrogen and oxygen atoms in total. The van der Waals surface area contributed by atoms with Gasteiger partial charge in [-0.3, -0.25) is 19.7 Å². The number of nitrogens with zero attached hydrogens (tertiary/aromatic N) is 2. The molecule has 1 rings (SSSR count). The van der Waals surface area contributed by atoms with Crippen LogP contribution in [-0.4, -0.2) is 65.4 Å². The first-order chi connectivity index (χ1) is 13.8. The van der Waals surface area contributed by atoms with Crippen molar-refractivity contribution < 1.29 is 29.2 Å². The fourth-order valence-corrected chi connectivity index (χ4v) is 2.12. The van der Waals surface area contributed by atoms with E-state index in [0.717, 1.165) is 17.8 Å². The number of nitro groups is 1. The number of aliphatic carboxylic acids is 1. The Kier molecular flexibility index (Phi) is 17.1. The number of hydrogen-bond acceptors (Lipinski definition) is 8. The van der Waals surface area contributed by atoms with Crippen LogP contribution in [0, 0.1) is 10.1 Å². The lowest BCUT2D eigenvalue weighted by Crippen LogP contribution is -2.36. The Hall–Kier alpha value is -2.73. The summed E-state index contributed by atoms with van der Waals surface area (Å²) >= 11 is 1.10. The van der Waals surface area contributed by atoms with E-state index in [0.29, 0.717) is 0 Å². The van der Waals surface area contributed by atoms with Gasteiger partial charge in [0, 0.05) is 25.4 Å². The van der Waals surface area contributed by atoms with Crippen LogP contribution in [0.4, 0.5) is 5.69 Å². The van der Waals surface area contributed by atoms with Crippen LogP contribution in [0.3, 0.4) is 0 Å². The van der Waals surface area contributed by atoms with E-state index < -0.39 is 35.9 Å². The molecule has 3 N–H and O–H groups in total. The Morgan fingerprint density at radius 3 is 2.28 bits per heavy atom. The molecule has 1 heterocycles. The Bertz CT molecular complexity index is 671. The number of nitrogens with one attached hydrogen (secondary N) is 2. The smallest absolute Gasteiger partial charge is 0.329 e. The van der Waals surface area contributed by atoms with Crippen LogP contribution >= 0.6 is 11.8 Å². The van der Waals surface area contributed by atoms with Crippen LogP contribution in [0.25, 0.3) is 0 Å². The lowest BCUT2D eigenvalue weighted by atomic mass is 10.2. The summed E-state index contributed by atoms with van der Waals surface area (Å²) in [6.07, 6.45) is 2.87. The topological polar surface area (TPSA) is 161 Å². The number of carbonyl (C=O) groups excluding carboxylic acids is 2. The maximum Gasteiger partial charge on any atom is 0.329 e. The highest BCUT2D eigenvalue weighted by Crippen LogP contribution is 2.25. The lowest BCUT2D eigenvalue weighted by molar-refractivity contribution is -0.388. The molecular weight excluding hydrogens is 404 g/mol. The van der Waals surface area contributed by atoms with Gasteiger partial charge in [0.15, 0.2) is 5.03 Å². The molecule has 164 valence electrons. The zero-order chi connectivity index (χ0) is 22.8. The highest BCUT2D eigenvalue weighted by atomic mass is 32.2. The minimum Gasteiger partial charge on any atom is -0.480 e. The van der Waals surface area contributed by atoms with Gasteiger partial charge in [-0.2, -0.15) is 0 Å². The van der Waals surface area contributed by atoms with E-state index in [9.17, 15) is 24.5 Å². The van der Waals surface area contributed by atoms with Gasteiger partial charge in [0.05, 0.1) is 10.5 Å². The summed E-state index contributed by atoms with van der Waals surface area (Å²) in [5.74, 6) is -2.29. The van der Waals surface area contributed by atoms with Crippen molar-refractivity contribution in [2.75, 3.05) is 32.6 Å². The lowest BCUT2D eigenvalue weighted by Gasteiger charge is -2.07. The number of carboxylic acids is 1. The summed E-state index contributed by atoms with van der Waals surface area (Å²) < 4.78 is 4.59. The fourth-order valence-electron chi connectivity index (χ4n) is 1.61. The second kappa shape index (κ2) is 17.4. The Morgan fingerprint density at radius 1 is 1.17 bits per heavy atom. The van der Waals surface area contributed by atoms with Gasteiger partial charge in [-0.05, 0) is 6.26 Å². The van der Waals surface area contributed by atoms with Gasteiger partial charge in [0.2, 0.25) is 5.91 Å². The number of carbonyl (C=O) groups is 3. The summed E-state index contributed by atoms with van der Waals surface area (Å²) in [7, 11) is 0. The van der Waals surface area contributed by atoms with Crippen LogP contribution in [0.5, 0.6) is 0 Å². The third-order valence-corrected chi connectivity index (χ3v) is 3.38. The van der Waals surface area contributed by atoms with Crippen LogP contribution in [-0.2, 0) is 14.3 Å². The SMILES string of the molecule is CC.CC.CSc1ncc(C(=O)NCCNC(=O)COCC(=O)O)cc1[N+](=O)[O-]. The van der Waals surface area contributed by atoms with E-state index in [1.807, 2.05) is 27.7 Å². The summed E-state index contributed by atoms with van der Waals surface area (Å²) in [4.78, 5) is 47.6. The monoisotopic (exact) mass is 432 g/mol. The molecule has 0 bridgehead atoms. The molecule has 0 aliphatic rings. The van der Waals surface area contributed by atoms with Crippen LogP contribution < -0.4 is 10.6 Å². The quantitative estimate of drug-likeness (QED) is 0.216. The van der Waals surface area contributed by atoms with Gasteiger partial charge in [-0.1, -0.05) is 27.7 Å². The molecule has 29 heavy (non-hydrogen) atoms. The van der Waals surface area contributed by atoms with Crippen molar-refractivity contribution in [1.29, 1.82) is 0 Å². The zero-order valence-corrected chi connectivity index (χ0v) is 18.0. The van der Waals surface area contributed by atoms with Crippen molar-refractivity contribution in [3.8, 4) is 0 Å². The molecule has 1 aromatic rings. The van der Waals surface area contributed by atoms with Crippen LogP contribution in [0.1, 0.15) is 38.1 Å². The molecule has 1 aromatic heterocycles. The van der Waals surface area contributed by atoms with Gasteiger partial charge in [0.1, 0.15) is 13.2 Å². The first-order valence-electron chi connectivity index (χ1n) is 8.88. The average Bonchev–Trinajstić information content (AvgIpc) is 2.73. The number of pyridine rings is 1. The highest BCUT2D eigenvalue weighted by molar-refractivity contribution is 7.98. The standard InChI is InChI=1S/C13H16N4O7S.2C2H6/c1-25-13-9(17(22)23)4-8(5-16-13)12(21)15-3-2-14-10(18)6-24-7-11(19)20;2*1-2/h4-5H,2-3,6-7H2,1H3,(H,14,18)(H,15,21)(H,19,20);2*1-2H3. The molecule has 0 atom stereocenters. The van der Waals surface area contributed by atoms with E-state index >= 15 is 0 Å². The van der Waals surface area contributed by atoms with Crippen molar-refractivity contribution in [2.45, 2.75) is 32.7 Å². The van der Waals surface area contributed by atoms with Crippen molar-refractivity contribution in [3.63, 3.8) is 0 Å². The molecular formula is C17H28N4O7S. The molecule has 0 spiro atoms. The highest BCUT2D eigenvalue weighted by Gasteiger charge is 2.18. The number of rotatable bonds is 10. The molecule has 0 aromatic carbocycles. The van der Waals surface area contributed by atoms with Crippen LogP contribution in [0.2, 0.25) is 0 Å². The second-order valence-electron chi connectivity index (χ2n) is 4.50. The molecule has 0 aliphatic carbocycles. The first kappa shape index (κ1) is 28.5. The largest absolute Gasteiger partial charge is 0.480 e. The van der Waals surface area contributed by atoms with Gasteiger partial charge in [-0.15, -0.1) is 11.8 Å². The molecule has 0 fully saturated rings. The third-order valence-electron chi connectivity index (χ3n) is 2.68. The van der Waals surface area contributed by atoms with Gasteiger partial charge < -0.3 is 20.5 Å². The third kappa shape index (κ3) is 12.4. The maximum atomic E-state index is 11.9. The Morgan fingerprint density at radius 2 is 1.76 bits per heavy atom. The summed E-state index contributed by atoms with van der Waals surface area (Å²) in [6.45, 7) is 7.16. The zero-order valence-electron chi connectivity index (χ0n) is 17.2. The number of aromatic nitrogens is 1. The normalized spacial score (nSPS) is 9.14. The minimum absolute atomic E-state index is 0.0284. The van der Waals surface area contributed by atoms with Crippen molar-refractivity contribution in [2.24, 2.45) is 0 Å². The van der Waals surface area contributed by atoms with Gasteiger partial charge in [-0.25, -0.2) is 9.78 Å². The predicted octanol–water partition coefficient (Wildman–Crippen LogP) is 1.71. The van der Waals surface area contributed by atoms with Crippen molar-refractivity contribution in [1.82, 2.24) is 15.6 Å². The molecule has 0 saturated heterocycles. The molecule has 0 unspecified atom stereocenters. The number of thioether (sulfide) groups is 1. The molecule has 0 radical (unpaired) electrons. The van der Waals surface area contributed by atoms with Crippen molar-refractivity contribution >= 4 is 35.2 Å². The minimum atomic E-state index is -1.18. The summed E-state index contributed by atoms with van der Waals surface area (Å²) in [6, 6.07) is 1.13. The maximum absolute atomic E-state index is 11.9. The number of hydrogen-bond donors (Lipinski definition) is 3. The van der Waals surface area contributed by atoms with E-state index in [2.05, 4.69) is 20.4 Å². The number of carboxylic acid groups (broad SMARTS) is 1. The van der Waals surface area contributed by atoms with Gasteiger partial charge in [0.25, 0.3) is 5.91 Å². The molecule has 2 amide bonds. The van der Waals surface area contributed by atoms with E-state index in [4.69, 9.17) is 5.11 Å². The molecule has 0 aliphatic heterocycles. The van der Waals surface area contributed by atoms with E-state index in [1.165, 1.54) is 6.20 Å².